The molecule has 8 aromatic heterocycles. The molecule has 0 fully saturated rings. The molecule has 0 spiro atoms. The van der Waals surface area contributed by atoms with E-state index in [-0.39, 0.29) is 5.41 Å². The maximum absolute atomic E-state index is 6.97. The molecule has 10 heteroatoms. The summed E-state index contributed by atoms with van der Waals surface area (Å²) in [5.41, 5.74) is 7.94. The molecule has 10 aromatic rings. The summed E-state index contributed by atoms with van der Waals surface area (Å²) in [5, 5.41) is 6.15. The summed E-state index contributed by atoms with van der Waals surface area (Å²) < 4.78 is 13.9. The van der Waals surface area contributed by atoms with E-state index in [1.807, 2.05) is 45.3 Å². The molecular weight excluding hydrogens is 1050 g/mol. The molecule has 2 nitrogen and oxygen atoms in total. The minimum Gasteiger partial charge on any atom is -0.446 e. The fraction of sp³-hybridized carbons (Fsp3) is 0.302. The van der Waals surface area contributed by atoms with Crippen LogP contribution < -0.4 is 9.47 Å². The van der Waals surface area contributed by atoms with Gasteiger partial charge in [0.15, 0.2) is 10.1 Å². The van der Waals surface area contributed by atoms with E-state index in [4.69, 9.17) is 9.47 Å². The van der Waals surface area contributed by atoms with Crippen LogP contribution in [-0.2, 0) is 5.41 Å². The number of hydrogen-bond acceptors (Lipinski definition) is 10. The predicted molar refractivity (Wildman–Crippen MR) is 327 cm³/mol. The molecule has 0 bridgehead atoms. The van der Waals surface area contributed by atoms with Gasteiger partial charge in [0.25, 0.3) is 0 Å². The van der Waals surface area contributed by atoms with Gasteiger partial charge in [0, 0.05) is 63.9 Å². The Bertz CT molecular complexity index is 3150. The molecule has 8 heterocycles. The van der Waals surface area contributed by atoms with E-state index in [1.54, 1.807) is 45.3 Å². The van der Waals surface area contributed by atoms with Crippen molar-refractivity contribution in [3.8, 4) is 91.3 Å². The number of hydrogen-bond donors (Lipinski definition) is 0. The van der Waals surface area contributed by atoms with Gasteiger partial charge in [-0.25, -0.2) is 0 Å². The lowest BCUT2D eigenvalue weighted by Crippen LogP contribution is -2.26. The van der Waals surface area contributed by atoms with Gasteiger partial charge in [0.05, 0.1) is 0 Å². The molecule has 0 atom stereocenters. The van der Waals surface area contributed by atoms with Gasteiger partial charge >= 0.3 is 0 Å². The minimum absolute atomic E-state index is 0.0487. The van der Waals surface area contributed by atoms with Crippen molar-refractivity contribution in [1.29, 1.82) is 0 Å². The highest BCUT2D eigenvalue weighted by atomic mass is 32.1. The zero-order valence-electron chi connectivity index (χ0n) is 42.2. The number of fused-ring (bicyclic) bond motifs is 3. The summed E-state index contributed by atoms with van der Waals surface area (Å²) in [7, 11) is 0. The second kappa shape index (κ2) is 23.3. The van der Waals surface area contributed by atoms with Crippen LogP contribution in [0.25, 0.3) is 69.7 Å². The van der Waals surface area contributed by atoms with Crippen LogP contribution in [0.15, 0.2) is 132 Å². The van der Waals surface area contributed by atoms with Gasteiger partial charge in [-0.3, -0.25) is 0 Å². The average molecular weight is 1110 g/mol. The molecule has 0 radical (unpaired) electrons. The molecule has 0 N–H and O–H groups in total. The first-order chi connectivity index (χ1) is 35.8. The second-order valence-electron chi connectivity index (χ2n) is 19.5. The monoisotopic (exact) mass is 1110 g/mol. The Morgan fingerprint density at radius 3 is 1.04 bits per heavy atom. The Hall–Kier alpha value is -4.36. The second-order valence-corrected chi connectivity index (χ2v) is 27.8. The maximum Gasteiger partial charge on any atom is 0.181 e. The Morgan fingerprint density at radius 1 is 0.356 bits per heavy atom. The van der Waals surface area contributed by atoms with Crippen LogP contribution in [0.3, 0.4) is 0 Å². The third kappa shape index (κ3) is 11.2. The summed E-state index contributed by atoms with van der Waals surface area (Å²) >= 11 is 14.6. The molecule has 1 aliphatic carbocycles. The lowest BCUT2D eigenvalue weighted by molar-refractivity contribution is 0.396. The van der Waals surface area contributed by atoms with E-state index in [9.17, 15) is 0 Å². The van der Waals surface area contributed by atoms with Crippen LogP contribution in [0.5, 0.6) is 21.6 Å². The van der Waals surface area contributed by atoms with Crippen LogP contribution in [0, 0.1) is 13.8 Å². The van der Waals surface area contributed by atoms with Crippen LogP contribution >= 0.6 is 90.7 Å². The standard InChI is InChI=1S/C63H62O2S8/c1-5-7-9-11-13-15-33-63(34-16-14-12-10-8-6-2)45-37-41(3)47(64-61-31-29-59(72-61)57-27-25-55(70-57)53-23-21-51(68-53)49-19-17-35-66-49)39-43(45)44-40-48(42(4)38-46(44)63)65-62-32-30-60(73-62)58-28-26-56(71-58)54-24-22-52(69-54)50-20-18-36-67-50/h17-32,35-40H,5-16,33-34H2,1-4H3. The van der Waals surface area contributed by atoms with E-state index in [0.29, 0.717) is 0 Å². The molecule has 2 aromatic carbocycles. The van der Waals surface area contributed by atoms with Gasteiger partial charge in [-0.15, -0.1) is 68.0 Å². The van der Waals surface area contributed by atoms with Gasteiger partial charge in [0.2, 0.25) is 0 Å². The SMILES string of the molecule is CCCCCCCCC1(CCCCCCCC)c2cc(C)c(Oc3ccc(-c4ccc(-c5ccc(-c6cccs6)s5)s4)s3)cc2-c2cc(Oc3ccc(-c4ccc(-c5ccc(-c6cccs6)s5)s4)s3)c(C)cc21. The Labute approximate surface area is 464 Å². The quantitative estimate of drug-likeness (QED) is 0.0562. The van der Waals surface area contributed by atoms with E-state index >= 15 is 0 Å². The van der Waals surface area contributed by atoms with E-state index in [1.165, 1.54) is 182 Å². The first-order valence-corrected chi connectivity index (χ1v) is 32.9. The number of unbranched alkanes of at least 4 members (excludes halogenated alkanes) is 10. The predicted octanol–water partition coefficient (Wildman–Crippen LogP) is 24.1. The molecule has 0 aliphatic heterocycles. The van der Waals surface area contributed by atoms with Gasteiger partial charge in [-0.1, -0.05) is 138 Å². The Balaban J connectivity index is 0.888. The van der Waals surface area contributed by atoms with Gasteiger partial charge in [0.1, 0.15) is 11.5 Å². The molecule has 374 valence electrons. The van der Waals surface area contributed by atoms with Gasteiger partial charge in [-0.05, 0) is 168 Å². The lowest BCUT2D eigenvalue weighted by Gasteiger charge is -2.33. The fourth-order valence-electron chi connectivity index (χ4n) is 10.5. The lowest BCUT2D eigenvalue weighted by atomic mass is 9.70. The Kier molecular flexibility index (Phi) is 16.2. The highest BCUT2D eigenvalue weighted by molar-refractivity contribution is 7.29. The zero-order valence-corrected chi connectivity index (χ0v) is 48.7. The van der Waals surface area contributed by atoms with Crippen LogP contribution in [0.1, 0.15) is 126 Å². The summed E-state index contributed by atoms with van der Waals surface area (Å²) in [6, 6.07) is 45.4. The number of thiophene rings is 8. The highest BCUT2D eigenvalue weighted by Crippen LogP contribution is 2.58. The summed E-state index contributed by atoms with van der Waals surface area (Å²) in [6.45, 7) is 9.16. The molecule has 1 aliphatic rings. The van der Waals surface area contributed by atoms with Gasteiger partial charge < -0.3 is 9.47 Å². The average Bonchev–Trinajstić information content (AvgIpc) is 4.24. The summed E-state index contributed by atoms with van der Waals surface area (Å²) in [4.78, 5) is 15.6. The van der Waals surface area contributed by atoms with Crippen LogP contribution in [0.4, 0.5) is 0 Å². The van der Waals surface area contributed by atoms with Gasteiger partial charge in [-0.2, -0.15) is 0 Å². The molecule has 73 heavy (non-hydrogen) atoms. The zero-order chi connectivity index (χ0) is 49.7. The minimum atomic E-state index is -0.0487. The third-order valence-corrected chi connectivity index (χ3v) is 23.6. The van der Waals surface area contributed by atoms with Crippen LogP contribution in [0.2, 0.25) is 0 Å². The molecule has 11 rings (SSSR count). The van der Waals surface area contributed by atoms with Crippen molar-refractivity contribution in [2.24, 2.45) is 0 Å². The summed E-state index contributed by atoms with van der Waals surface area (Å²) in [5.74, 6) is 1.87. The number of rotatable bonds is 24. The number of aryl methyl sites for hydroxylation is 2. The number of benzene rings is 2. The fourth-order valence-corrected chi connectivity index (χ4v) is 18.3. The van der Waals surface area contributed by atoms with E-state index in [0.717, 1.165) is 21.6 Å². The normalized spacial score (nSPS) is 12.7. The van der Waals surface area contributed by atoms with E-state index < -0.39 is 0 Å². The molecular formula is C63H62O2S8. The first kappa shape index (κ1) is 50.8. The van der Waals surface area contributed by atoms with Crippen molar-refractivity contribution in [2.45, 2.75) is 123 Å². The van der Waals surface area contributed by atoms with Crippen molar-refractivity contribution < 1.29 is 9.47 Å². The number of ether oxygens (including phenoxy) is 2. The topological polar surface area (TPSA) is 18.5 Å². The molecule has 0 saturated carbocycles. The van der Waals surface area contributed by atoms with Crippen LogP contribution in [-0.4, -0.2) is 0 Å². The molecule has 0 unspecified atom stereocenters. The third-order valence-electron chi connectivity index (χ3n) is 14.4. The highest BCUT2D eigenvalue weighted by Gasteiger charge is 2.43. The molecule has 0 saturated heterocycles. The van der Waals surface area contributed by atoms with Crippen molar-refractivity contribution in [3.05, 3.63) is 154 Å². The first-order valence-electron chi connectivity index (χ1n) is 26.2. The largest absolute Gasteiger partial charge is 0.446 e. The molecule has 0 amide bonds. The smallest absolute Gasteiger partial charge is 0.181 e. The van der Waals surface area contributed by atoms with Crippen molar-refractivity contribution in [3.63, 3.8) is 0 Å². The maximum atomic E-state index is 6.97. The van der Waals surface area contributed by atoms with Crippen molar-refractivity contribution in [1.82, 2.24) is 0 Å². The Morgan fingerprint density at radius 2 is 0.685 bits per heavy atom. The van der Waals surface area contributed by atoms with Crippen molar-refractivity contribution in [2.75, 3.05) is 0 Å². The summed E-state index contributed by atoms with van der Waals surface area (Å²) in [6.07, 6.45) is 17.9. The van der Waals surface area contributed by atoms with Crippen molar-refractivity contribution >= 4 is 90.7 Å². The van der Waals surface area contributed by atoms with E-state index in [2.05, 4.69) is 160 Å².